The van der Waals surface area contributed by atoms with Gasteiger partial charge in [-0.1, -0.05) is 6.92 Å². The largest absolute Gasteiger partial charge is 0.396 e. The average molecular weight is 270 g/mol. The van der Waals surface area contributed by atoms with Gasteiger partial charge >= 0.3 is 10.2 Å². The highest BCUT2D eigenvalue weighted by Gasteiger charge is 2.27. The van der Waals surface area contributed by atoms with Crippen molar-refractivity contribution in [1.82, 2.24) is 9.29 Å². The molecule has 0 aliphatic carbocycles. The zero-order chi connectivity index (χ0) is 13.2. The van der Waals surface area contributed by atoms with E-state index in [0.29, 0.717) is 30.4 Å². The Bertz CT molecular complexity index is 518. The van der Waals surface area contributed by atoms with Gasteiger partial charge in [0, 0.05) is 19.3 Å². The molecular formula is C11H18N4O2S. The second-order valence-corrected chi connectivity index (χ2v) is 6.35. The molecule has 1 aromatic heterocycles. The first-order valence-corrected chi connectivity index (χ1v) is 7.40. The summed E-state index contributed by atoms with van der Waals surface area (Å²) in [5, 5.41) is 0. The van der Waals surface area contributed by atoms with Crippen LogP contribution in [0.2, 0.25) is 0 Å². The van der Waals surface area contributed by atoms with Gasteiger partial charge in [0.05, 0.1) is 17.6 Å². The van der Waals surface area contributed by atoms with Crippen molar-refractivity contribution < 1.29 is 8.42 Å². The van der Waals surface area contributed by atoms with Crippen LogP contribution in [-0.2, 0) is 10.2 Å². The van der Waals surface area contributed by atoms with E-state index in [1.54, 1.807) is 6.07 Å². The molecule has 1 aliphatic heterocycles. The SMILES string of the molecule is CC1CCCN(S(=O)(=O)Nc2ccncc2N)C1. The van der Waals surface area contributed by atoms with E-state index in [2.05, 4.69) is 16.6 Å². The van der Waals surface area contributed by atoms with Crippen LogP contribution in [-0.4, -0.2) is 30.8 Å². The highest BCUT2D eigenvalue weighted by molar-refractivity contribution is 7.90. The number of rotatable bonds is 3. The van der Waals surface area contributed by atoms with Crippen LogP contribution in [0.5, 0.6) is 0 Å². The molecule has 1 fully saturated rings. The molecule has 1 saturated heterocycles. The number of hydrogen-bond acceptors (Lipinski definition) is 4. The van der Waals surface area contributed by atoms with E-state index >= 15 is 0 Å². The zero-order valence-corrected chi connectivity index (χ0v) is 11.2. The van der Waals surface area contributed by atoms with Crippen molar-refractivity contribution in [3.63, 3.8) is 0 Å². The number of anilines is 2. The van der Waals surface area contributed by atoms with Gasteiger partial charge in [-0.3, -0.25) is 9.71 Å². The molecule has 0 bridgehead atoms. The lowest BCUT2D eigenvalue weighted by Crippen LogP contribution is -2.42. The fraction of sp³-hybridized carbons (Fsp3) is 0.545. The number of hydrogen-bond donors (Lipinski definition) is 2. The lowest BCUT2D eigenvalue weighted by atomic mass is 10.0. The normalized spacial score (nSPS) is 21.7. The van der Waals surface area contributed by atoms with Gasteiger partial charge in [0.25, 0.3) is 0 Å². The van der Waals surface area contributed by atoms with Crippen LogP contribution >= 0.6 is 0 Å². The van der Waals surface area contributed by atoms with Gasteiger partial charge in [0.1, 0.15) is 0 Å². The van der Waals surface area contributed by atoms with Crippen LogP contribution in [0.1, 0.15) is 19.8 Å². The van der Waals surface area contributed by atoms with Gasteiger partial charge in [-0.25, -0.2) is 0 Å². The second-order valence-electron chi connectivity index (χ2n) is 4.68. The number of nitrogens with zero attached hydrogens (tertiary/aromatic N) is 2. The Morgan fingerprint density at radius 1 is 1.56 bits per heavy atom. The molecule has 1 aromatic rings. The fourth-order valence-electron chi connectivity index (χ4n) is 2.07. The smallest absolute Gasteiger partial charge is 0.301 e. The van der Waals surface area contributed by atoms with Crippen molar-refractivity contribution in [2.45, 2.75) is 19.8 Å². The Morgan fingerprint density at radius 2 is 2.33 bits per heavy atom. The highest BCUT2D eigenvalue weighted by Crippen LogP contribution is 2.22. The summed E-state index contributed by atoms with van der Waals surface area (Å²) in [4.78, 5) is 3.83. The minimum atomic E-state index is -3.52. The molecule has 2 heterocycles. The minimum absolute atomic E-state index is 0.325. The molecule has 0 aromatic carbocycles. The van der Waals surface area contributed by atoms with Gasteiger partial charge < -0.3 is 5.73 Å². The Hall–Kier alpha value is -1.34. The van der Waals surface area contributed by atoms with Gasteiger partial charge in [-0.05, 0) is 24.8 Å². The molecule has 0 radical (unpaired) electrons. The van der Waals surface area contributed by atoms with E-state index in [0.717, 1.165) is 12.8 Å². The lowest BCUT2D eigenvalue weighted by Gasteiger charge is -2.30. The predicted octanol–water partition coefficient (Wildman–Crippen LogP) is 1.05. The van der Waals surface area contributed by atoms with E-state index in [1.165, 1.54) is 16.7 Å². The third-order valence-corrected chi connectivity index (χ3v) is 4.54. The standard InChI is InChI=1S/C11H18N4O2S/c1-9-3-2-6-15(8-9)18(16,17)14-11-4-5-13-7-10(11)12/h4-5,7,9H,2-3,6,8,12H2,1H3,(H,13,14). The molecule has 6 nitrogen and oxygen atoms in total. The minimum Gasteiger partial charge on any atom is -0.396 e. The number of nitrogens with two attached hydrogens (primary N) is 1. The first-order chi connectivity index (χ1) is 8.49. The first kappa shape index (κ1) is 13.1. The third kappa shape index (κ3) is 2.91. The Kier molecular flexibility index (Phi) is 3.72. The van der Waals surface area contributed by atoms with Crippen molar-refractivity contribution in [3.8, 4) is 0 Å². The van der Waals surface area contributed by atoms with Crippen molar-refractivity contribution in [2.24, 2.45) is 5.92 Å². The van der Waals surface area contributed by atoms with E-state index in [4.69, 9.17) is 5.73 Å². The van der Waals surface area contributed by atoms with Crippen molar-refractivity contribution in [1.29, 1.82) is 0 Å². The van der Waals surface area contributed by atoms with Crippen LogP contribution in [0.4, 0.5) is 11.4 Å². The average Bonchev–Trinajstić information content (AvgIpc) is 2.32. The quantitative estimate of drug-likeness (QED) is 0.859. The first-order valence-electron chi connectivity index (χ1n) is 5.96. The monoisotopic (exact) mass is 270 g/mol. The number of aromatic nitrogens is 1. The van der Waals surface area contributed by atoms with Crippen LogP contribution in [0.15, 0.2) is 18.5 Å². The molecule has 0 spiro atoms. The van der Waals surface area contributed by atoms with E-state index in [9.17, 15) is 8.42 Å². The number of nitrogen functional groups attached to an aromatic ring is 1. The Morgan fingerprint density at radius 3 is 3.00 bits per heavy atom. The maximum Gasteiger partial charge on any atom is 0.301 e. The van der Waals surface area contributed by atoms with Gasteiger partial charge in [0.15, 0.2) is 0 Å². The van der Waals surface area contributed by atoms with E-state index in [1.807, 2.05) is 0 Å². The van der Waals surface area contributed by atoms with Crippen molar-refractivity contribution in [3.05, 3.63) is 18.5 Å². The summed E-state index contributed by atoms with van der Waals surface area (Å²) in [6.45, 7) is 3.17. The number of piperidine rings is 1. The molecular weight excluding hydrogens is 252 g/mol. The predicted molar refractivity (Wildman–Crippen MR) is 71.2 cm³/mol. The maximum atomic E-state index is 12.2. The van der Waals surface area contributed by atoms with Gasteiger partial charge in [-0.15, -0.1) is 0 Å². The Balaban J connectivity index is 2.14. The summed E-state index contributed by atoms with van der Waals surface area (Å²) in [5.41, 5.74) is 6.38. The molecule has 1 atom stereocenters. The Labute approximate surface area is 107 Å². The zero-order valence-electron chi connectivity index (χ0n) is 10.3. The van der Waals surface area contributed by atoms with Crippen molar-refractivity contribution >= 4 is 21.6 Å². The molecule has 2 rings (SSSR count). The topological polar surface area (TPSA) is 88.3 Å². The summed E-state index contributed by atoms with van der Waals surface area (Å²) < 4.78 is 28.4. The van der Waals surface area contributed by atoms with Crippen LogP contribution < -0.4 is 10.5 Å². The molecule has 1 aliphatic rings. The molecule has 0 saturated carbocycles. The summed E-state index contributed by atoms with van der Waals surface area (Å²) in [5.74, 6) is 0.394. The van der Waals surface area contributed by atoms with E-state index < -0.39 is 10.2 Å². The molecule has 7 heteroatoms. The highest BCUT2D eigenvalue weighted by atomic mass is 32.2. The number of nitrogens with one attached hydrogen (secondary N) is 1. The molecule has 1 unspecified atom stereocenters. The summed E-state index contributed by atoms with van der Waals surface area (Å²) in [6, 6.07) is 1.56. The maximum absolute atomic E-state index is 12.2. The van der Waals surface area contributed by atoms with Crippen LogP contribution in [0.25, 0.3) is 0 Å². The summed E-state index contributed by atoms with van der Waals surface area (Å²) in [6.07, 6.45) is 4.90. The molecule has 3 N–H and O–H groups in total. The van der Waals surface area contributed by atoms with Crippen LogP contribution in [0, 0.1) is 5.92 Å². The summed E-state index contributed by atoms with van der Waals surface area (Å²) in [7, 11) is -3.52. The van der Waals surface area contributed by atoms with Crippen LogP contribution in [0.3, 0.4) is 0 Å². The van der Waals surface area contributed by atoms with Gasteiger partial charge in [-0.2, -0.15) is 12.7 Å². The molecule has 0 amide bonds. The second kappa shape index (κ2) is 5.11. The van der Waals surface area contributed by atoms with Gasteiger partial charge in [0.2, 0.25) is 0 Å². The van der Waals surface area contributed by atoms with E-state index in [-0.39, 0.29) is 0 Å². The fourth-order valence-corrected chi connectivity index (χ4v) is 3.48. The third-order valence-electron chi connectivity index (χ3n) is 3.05. The lowest BCUT2D eigenvalue weighted by molar-refractivity contribution is 0.282. The summed E-state index contributed by atoms with van der Waals surface area (Å²) >= 11 is 0. The van der Waals surface area contributed by atoms with Crippen molar-refractivity contribution in [2.75, 3.05) is 23.5 Å². The molecule has 100 valence electrons. The molecule has 18 heavy (non-hydrogen) atoms. The number of pyridine rings is 1.